The maximum absolute atomic E-state index is 13.8. The number of thiazole rings is 1. The molecule has 0 fully saturated rings. The summed E-state index contributed by atoms with van der Waals surface area (Å²) in [5.41, 5.74) is 1.49. The van der Waals surface area contributed by atoms with Gasteiger partial charge in [0.25, 0.3) is 0 Å². The zero-order valence-corrected chi connectivity index (χ0v) is 13.1. The van der Waals surface area contributed by atoms with E-state index in [1.807, 2.05) is 28.4 Å². The molecule has 0 spiro atoms. The minimum absolute atomic E-state index is 0.233. The first-order valence-electron chi connectivity index (χ1n) is 7.12. The minimum atomic E-state index is -0.233. The fourth-order valence-electron chi connectivity index (χ4n) is 2.18. The van der Waals surface area contributed by atoms with Crippen LogP contribution in [0.3, 0.4) is 0 Å². The van der Waals surface area contributed by atoms with Gasteiger partial charge in [-0.1, -0.05) is 12.1 Å². The molecule has 4 nitrogen and oxygen atoms in total. The molecule has 3 rings (SSSR count). The third-order valence-corrected chi connectivity index (χ3v) is 4.23. The predicted molar refractivity (Wildman–Crippen MR) is 86.0 cm³/mol. The quantitative estimate of drug-likeness (QED) is 0.758. The van der Waals surface area contributed by atoms with Crippen molar-refractivity contribution < 1.29 is 4.39 Å². The van der Waals surface area contributed by atoms with Crippen LogP contribution in [0.25, 0.3) is 10.6 Å². The number of benzene rings is 1. The van der Waals surface area contributed by atoms with Crippen molar-refractivity contribution in [1.29, 1.82) is 0 Å². The molecule has 0 aliphatic rings. The molecule has 22 heavy (non-hydrogen) atoms. The van der Waals surface area contributed by atoms with E-state index in [0.29, 0.717) is 12.1 Å². The fourth-order valence-corrected chi connectivity index (χ4v) is 3.03. The van der Waals surface area contributed by atoms with Gasteiger partial charge in [0, 0.05) is 35.9 Å². The Morgan fingerprint density at radius 1 is 1.32 bits per heavy atom. The fraction of sp³-hybridized carbons (Fsp3) is 0.250. The Morgan fingerprint density at radius 3 is 2.95 bits per heavy atom. The zero-order chi connectivity index (χ0) is 15.4. The first-order valence-corrected chi connectivity index (χ1v) is 8.00. The number of nitrogens with zero attached hydrogens (tertiary/aromatic N) is 3. The summed E-state index contributed by atoms with van der Waals surface area (Å²) in [7, 11) is 0. The Hall–Kier alpha value is -2.05. The van der Waals surface area contributed by atoms with Gasteiger partial charge in [0.15, 0.2) is 0 Å². The highest BCUT2D eigenvalue weighted by atomic mass is 32.1. The highest BCUT2D eigenvalue weighted by Gasteiger charge is 2.10. The van der Waals surface area contributed by atoms with Crippen molar-refractivity contribution in [1.82, 2.24) is 20.1 Å². The monoisotopic (exact) mass is 316 g/mol. The molecule has 1 atom stereocenters. The van der Waals surface area contributed by atoms with Gasteiger partial charge in [0.2, 0.25) is 0 Å². The Kier molecular flexibility index (Phi) is 4.60. The van der Waals surface area contributed by atoms with Crippen LogP contribution in [0, 0.1) is 5.82 Å². The zero-order valence-electron chi connectivity index (χ0n) is 12.2. The van der Waals surface area contributed by atoms with Crippen molar-refractivity contribution in [2.45, 2.75) is 26.1 Å². The largest absolute Gasteiger partial charge is 0.307 e. The average Bonchev–Trinajstić information content (AvgIpc) is 3.17. The van der Waals surface area contributed by atoms with Gasteiger partial charge in [-0.15, -0.1) is 11.3 Å². The summed E-state index contributed by atoms with van der Waals surface area (Å²) in [5.74, 6) is -0.233. The van der Waals surface area contributed by atoms with Crippen molar-refractivity contribution in [3.63, 3.8) is 0 Å². The summed E-state index contributed by atoms with van der Waals surface area (Å²) in [5, 5.41) is 10.3. The maximum Gasteiger partial charge on any atom is 0.133 e. The van der Waals surface area contributed by atoms with Crippen molar-refractivity contribution >= 4 is 11.3 Å². The van der Waals surface area contributed by atoms with E-state index < -0.39 is 0 Å². The lowest BCUT2D eigenvalue weighted by atomic mass is 10.2. The molecule has 0 aliphatic carbocycles. The molecule has 2 aromatic heterocycles. The second-order valence-electron chi connectivity index (χ2n) is 5.13. The molecule has 0 radical (unpaired) electrons. The van der Waals surface area contributed by atoms with Gasteiger partial charge < -0.3 is 5.32 Å². The first kappa shape index (κ1) is 14.9. The van der Waals surface area contributed by atoms with Gasteiger partial charge in [-0.25, -0.2) is 9.37 Å². The van der Waals surface area contributed by atoms with Crippen LogP contribution in [0.4, 0.5) is 4.39 Å². The molecule has 0 amide bonds. The molecule has 2 heterocycles. The lowest BCUT2D eigenvalue weighted by Gasteiger charge is -2.12. The SMILES string of the molecule is C[C@@H](Cn1cccn1)NCc1csc(-c2ccccc2F)n1. The number of aromatic nitrogens is 3. The molecule has 0 bridgehead atoms. The van der Waals surface area contributed by atoms with Crippen LogP contribution in [-0.4, -0.2) is 20.8 Å². The van der Waals surface area contributed by atoms with Gasteiger partial charge in [0.1, 0.15) is 10.8 Å². The van der Waals surface area contributed by atoms with E-state index in [9.17, 15) is 4.39 Å². The van der Waals surface area contributed by atoms with Gasteiger partial charge >= 0.3 is 0 Å². The van der Waals surface area contributed by atoms with E-state index in [1.165, 1.54) is 17.4 Å². The second-order valence-corrected chi connectivity index (χ2v) is 5.99. The molecule has 0 unspecified atom stereocenters. The van der Waals surface area contributed by atoms with E-state index >= 15 is 0 Å². The minimum Gasteiger partial charge on any atom is -0.307 e. The lowest BCUT2D eigenvalue weighted by Crippen LogP contribution is -2.30. The Morgan fingerprint density at radius 2 is 2.18 bits per heavy atom. The predicted octanol–water partition coefficient (Wildman–Crippen LogP) is 3.32. The van der Waals surface area contributed by atoms with Crippen LogP contribution in [0.5, 0.6) is 0 Å². The maximum atomic E-state index is 13.8. The van der Waals surface area contributed by atoms with Crippen LogP contribution in [0.15, 0.2) is 48.1 Å². The van der Waals surface area contributed by atoms with E-state index in [1.54, 1.807) is 18.3 Å². The molecule has 6 heteroatoms. The molecule has 0 aliphatic heterocycles. The highest BCUT2D eigenvalue weighted by molar-refractivity contribution is 7.13. The van der Waals surface area contributed by atoms with Gasteiger partial charge in [-0.2, -0.15) is 5.10 Å². The van der Waals surface area contributed by atoms with Crippen molar-refractivity contribution in [3.8, 4) is 10.6 Å². The van der Waals surface area contributed by atoms with Gasteiger partial charge in [-0.05, 0) is 25.1 Å². The summed E-state index contributed by atoms with van der Waals surface area (Å²) in [4.78, 5) is 4.50. The molecule has 1 N–H and O–H groups in total. The lowest BCUT2D eigenvalue weighted by molar-refractivity contribution is 0.449. The second kappa shape index (κ2) is 6.81. The number of nitrogens with one attached hydrogen (secondary N) is 1. The van der Waals surface area contributed by atoms with E-state index in [-0.39, 0.29) is 11.9 Å². The Labute approximate surface area is 132 Å². The topological polar surface area (TPSA) is 42.7 Å². The molecular formula is C16H17FN4S. The third-order valence-electron chi connectivity index (χ3n) is 3.31. The Balaban J connectivity index is 1.59. The van der Waals surface area contributed by atoms with Crippen LogP contribution in [0.1, 0.15) is 12.6 Å². The number of rotatable bonds is 6. The summed E-state index contributed by atoms with van der Waals surface area (Å²) < 4.78 is 15.6. The normalized spacial score (nSPS) is 12.5. The van der Waals surface area contributed by atoms with Crippen molar-refractivity contribution in [3.05, 3.63) is 59.6 Å². The molecule has 0 saturated heterocycles. The third kappa shape index (κ3) is 3.58. The van der Waals surface area contributed by atoms with Gasteiger partial charge in [-0.3, -0.25) is 4.68 Å². The number of halogens is 1. The van der Waals surface area contributed by atoms with Gasteiger partial charge in [0.05, 0.1) is 12.2 Å². The highest BCUT2D eigenvalue weighted by Crippen LogP contribution is 2.25. The van der Waals surface area contributed by atoms with Crippen LogP contribution in [0.2, 0.25) is 0 Å². The first-order chi connectivity index (χ1) is 10.7. The number of hydrogen-bond acceptors (Lipinski definition) is 4. The van der Waals surface area contributed by atoms with Crippen molar-refractivity contribution in [2.75, 3.05) is 0 Å². The number of hydrogen-bond donors (Lipinski definition) is 1. The van der Waals surface area contributed by atoms with E-state index in [4.69, 9.17) is 0 Å². The summed E-state index contributed by atoms with van der Waals surface area (Å²) in [6.45, 7) is 3.57. The van der Waals surface area contributed by atoms with Crippen molar-refractivity contribution in [2.24, 2.45) is 0 Å². The molecule has 1 aromatic carbocycles. The standard InChI is InChI=1S/C16H17FN4S/c1-12(10-21-8-4-7-19-21)18-9-13-11-22-16(20-13)14-5-2-3-6-15(14)17/h2-8,11-12,18H,9-10H2,1H3/t12-/m0/s1. The van der Waals surface area contributed by atoms with E-state index in [0.717, 1.165) is 17.2 Å². The van der Waals surface area contributed by atoms with E-state index in [2.05, 4.69) is 22.3 Å². The summed E-state index contributed by atoms with van der Waals surface area (Å²) in [6, 6.07) is 8.91. The molecule has 3 aromatic rings. The summed E-state index contributed by atoms with van der Waals surface area (Å²) >= 11 is 1.47. The van der Waals surface area contributed by atoms with Crippen LogP contribution in [-0.2, 0) is 13.1 Å². The molecule has 0 saturated carbocycles. The van der Waals surface area contributed by atoms with Crippen LogP contribution >= 0.6 is 11.3 Å². The Bertz CT molecular complexity index is 723. The smallest absolute Gasteiger partial charge is 0.133 e. The molecular weight excluding hydrogens is 299 g/mol. The summed E-state index contributed by atoms with van der Waals surface area (Å²) in [6.07, 6.45) is 3.71. The molecule has 114 valence electrons. The van der Waals surface area contributed by atoms with Crippen LogP contribution < -0.4 is 5.32 Å². The average molecular weight is 316 g/mol.